The van der Waals surface area contributed by atoms with Crippen LogP contribution >= 0.6 is 11.6 Å². The topological polar surface area (TPSA) is 41.1 Å². The van der Waals surface area contributed by atoms with Gasteiger partial charge in [0.1, 0.15) is 0 Å². The Morgan fingerprint density at radius 1 is 1.09 bits per heavy atom. The zero-order chi connectivity index (χ0) is 16.8. The van der Waals surface area contributed by atoms with Gasteiger partial charge in [0.15, 0.2) is 0 Å². The van der Waals surface area contributed by atoms with Gasteiger partial charge < -0.3 is 10.6 Å². The summed E-state index contributed by atoms with van der Waals surface area (Å²) in [5, 5.41) is 6.91. The van der Waals surface area contributed by atoms with E-state index in [9.17, 15) is 4.79 Å². The van der Waals surface area contributed by atoms with E-state index in [-0.39, 0.29) is 5.91 Å². The Morgan fingerprint density at radius 2 is 1.83 bits per heavy atom. The summed E-state index contributed by atoms with van der Waals surface area (Å²) in [6, 6.07) is 12.1. The van der Waals surface area contributed by atoms with Crippen molar-refractivity contribution in [3.8, 4) is 0 Å². The van der Waals surface area contributed by atoms with E-state index < -0.39 is 0 Å². The quantitative estimate of drug-likeness (QED) is 0.825. The van der Waals surface area contributed by atoms with E-state index in [1.165, 1.54) is 5.56 Å². The third-order valence-electron chi connectivity index (χ3n) is 3.82. The number of anilines is 1. The highest BCUT2D eigenvalue weighted by molar-refractivity contribution is 6.33. The van der Waals surface area contributed by atoms with Crippen LogP contribution in [0.25, 0.3) is 0 Å². The molecular weight excluding hydrogens is 308 g/mol. The van der Waals surface area contributed by atoms with Crippen LogP contribution in [0.2, 0.25) is 5.02 Å². The fourth-order valence-electron chi connectivity index (χ4n) is 2.53. The van der Waals surface area contributed by atoms with Crippen molar-refractivity contribution in [3.05, 3.63) is 63.7 Å². The van der Waals surface area contributed by atoms with Crippen molar-refractivity contribution in [2.24, 2.45) is 0 Å². The predicted molar refractivity (Wildman–Crippen MR) is 97.1 cm³/mol. The van der Waals surface area contributed by atoms with Gasteiger partial charge in [0.2, 0.25) is 5.91 Å². The van der Waals surface area contributed by atoms with E-state index in [4.69, 9.17) is 11.6 Å². The molecule has 0 saturated carbocycles. The van der Waals surface area contributed by atoms with Crippen molar-refractivity contribution in [1.29, 1.82) is 0 Å². The van der Waals surface area contributed by atoms with E-state index in [1.54, 1.807) is 0 Å². The molecule has 0 aliphatic rings. The van der Waals surface area contributed by atoms with Crippen LogP contribution in [0.4, 0.5) is 5.69 Å². The van der Waals surface area contributed by atoms with Gasteiger partial charge in [-0.2, -0.15) is 0 Å². The summed E-state index contributed by atoms with van der Waals surface area (Å²) in [5.74, 6) is 0.0293. The van der Waals surface area contributed by atoms with Crippen LogP contribution in [0.1, 0.15) is 28.7 Å². The Balaban J connectivity index is 1.80. The highest BCUT2D eigenvalue weighted by atomic mass is 35.5. The SMILES string of the molecule is Cc1cc(C)c(NCCC(=O)NCc2ccccc2C)c(Cl)c1. The molecule has 0 aliphatic heterocycles. The summed E-state index contributed by atoms with van der Waals surface area (Å²) < 4.78 is 0. The van der Waals surface area contributed by atoms with Crippen LogP contribution in [0.15, 0.2) is 36.4 Å². The molecule has 2 aromatic rings. The normalized spacial score (nSPS) is 10.4. The van der Waals surface area contributed by atoms with Crippen molar-refractivity contribution in [3.63, 3.8) is 0 Å². The monoisotopic (exact) mass is 330 g/mol. The zero-order valence-corrected chi connectivity index (χ0v) is 14.6. The van der Waals surface area contributed by atoms with E-state index in [0.717, 1.165) is 22.4 Å². The maximum Gasteiger partial charge on any atom is 0.222 e. The standard InChI is InChI=1S/C19H23ClN2O/c1-13-10-15(3)19(17(20)11-13)21-9-8-18(23)22-12-16-7-5-4-6-14(16)2/h4-7,10-11,21H,8-9,12H2,1-3H3,(H,22,23). The van der Waals surface area contributed by atoms with Crippen LogP contribution in [0.5, 0.6) is 0 Å². The first kappa shape index (κ1) is 17.4. The van der Waals surface area contributed by atoms with Crippen molar-refractivity contribution in [2.75, 3.05) is 11.9 Å². The Hall–Kier alpha value is -2.00. The third kappa shape index (κ3) is 5.00. The summed E-state index contributed by atoms with van der Waals surface area (Å²) in [6.07, 6.45) is 0.412. The van der Waals surface area contributed by atoms with E-state index in [0.29, 0.717) is 24.5 Å². The third-order valence-corrected chi connectivity index (χ3v) is 4.12. The van der Waals surface area contributed by atoms with Crippen molar-refractivity contribution < 1.29 is 4.79 Å². The number of nitrogens with one attached hydrogen (secondary N) is 2. The number of hydrogen-bond donors (Lipinski definition) is 2. The molecule has 0 aliphatic carbocycles. The fourth-order valence-corrected chi connectivity index (χ4v) is 2.92. The predicted octanol–water partition coefficient (Wildman–Crippen LogP) is 4.38. The molecule has 0 saturated heterocycles. The van der Waals surface area contributed by atoms with Crippen molar-refractivity contribution in [1.82, 2.24) is 5.32 Å². The van der Waals surface area contributed by atoms with Crippen molar-refractivity contribution in [2.45, 2.75) is 33.7 Å². The molecule has 0 aromatic heterocycles. The van der Waals surface area contributed by atoms with Gasteiger partial charge in [0, 0.05) is 19.5 Å². The first-order chi connectivity index (χ1) is 11.0. The van der Waals surface area contributed by atoms with E-state index in [1.807, 2.05) is 51.1 Å². The molecule has 0 heterocycles. The minimum atomic E-state index is 0.0293. The molecule has 0 unspecified atom stereocenters. The first-order valence-corrected chi connectivity index (χ1v) is 8.17. The lowest BCUT2D eigenvalue weighted by molar-refractivity contribution is -0.121. The van der Waals surface area contributed by atoms with Gasteiger partial charge in [-0.3, -0.25) is 4.79 Å². The number of carbonyl (C=O) groups excluding carboxylic acids is 1. The second kappa shape index (κ2) is 8.02. The molecule has 2 rings (SSSR count). The molecule has 4 heteroatoms. The summed E-state index contributed by atoms with van der Waals surface area (Å²) in [6.45, 7) is 7.20. The van der Waals surface area contributed by atoms with Gasteiger partial charge in [0.25, 0.3) is 0 Å². The van der Waals surface area contributed by atoms with E-state index in [2.05, 4.69) is 16.7 Å². The molecule has 0 bridgehead atoms. The van der Waals surface area contributed by atoms with Gasteiger partial charge in [0.05, 0.1) is 10.7 Å². The van der Waals surface area contributed by atoms with Crippen LogP contribution in [0, 0.1) is 20.8 Å². The second-order valence-corrected chi connectivity index (χ2v) is 6.23. The number of halogens is 1. The molecule has 1 amide bonds. The van der Waals surface area contributed by atoms with E-state index >= 15 is 0 Å². The van der Waals surface area contributed by atoms with Crippen LogP contribution < -0.4 is 10.6 Å². The summed E-state index contributed by atoms with van der Waals surface area (Å²) >= 11 is 6.25. The van der Waals surface area contributed by atoms with Crippen molar-refractivity contribution >= 4 is 23.2 Å². The van der Waals surface area contributed by atoms with Gasteiger partial charge in [-0.15, -0.1) is 0 Å². The zero-order valence-electron chi connectivity index (χ0n) is 13.9. The highest BCUT2D eigenvalue weighted by Gasteiger charge is 2.07. The Morgan fingerprint density at radius 3 is 2.52 bits per heavy atom. The number of benzene rings is 2. The maximum atomic E-state index is 12.0. The highest BCUT2D eigenvalue weighted by Crippen LogP contribution is 2.27. The number of amides is 1. The minimum absolute atomic E-state index is 0.0293. The maximum absolute atomic E-state index is 12.0. The Bertz CT molecular complexity index is 675. The molecule has 2 aromatic carbocycles. The molecule has 0 spiro atoms. The summed E-state index contributed by atoms with van der Waals surface area (Å²) in [7, 11) is 0. The Kier molecular flexibility index (Phi) is 6.05. The van der Waals surface area contributed by atoms with Crippen LogP contribution in [0.3, 0.4) is 0 Å². The fraction of sp³-hybridized carbons (Fsp3) is 0.316. The van der Waals surface area contributed by atoms with Crippen LogP contribution in [-0.2, 0) is 11.3 Å². The number of hydrogen-bond acceptors (Lipinski definition) is 2. The van der Waals surface area contributed by atoms with Gasteiger partial charge in [-0.25, -0.2) is 0 Å². The molecule has 122 valence electrons. The molecule has 3 nitrogen and oxygen atoms in total. The second-order valence-electron chi connectivity index (χ2n) is 5.82. The average molecular weight is 331 g/mol. The minimum Gasteiger partial charge on any atom is -0.383 e. The summed E-state index contributed by atoms with van der Waals surface area (Å²) in [5.41, 5.74) is 5.47. The first-order valence-electron chi connectivity index (χ1n) is 7.79. The van der Waals surface area contributed by atoms with Gasteiger partial charge in [-0.1, -0.05) is 41.9 Å². The smallest absolute Gasteiger partial charge is 0.222 e. The van der Waals surface area contributed by atoms with Gasteiger partial charge >= 0.3 is 0 Å². The molecule has 2 N–H and O–H groups in total. The number of carbonyl (C=O) groups is 1. The molecule has 0 fully saturated rings. The van der Waals surface area contributed by atoms with Gasteiger partial charge in [-0.05, 0) is 49.1 Å². The number of aryl methyl sites for hydroxylation is 3. The summed E-state index contributed by atoms with van der Waals surface area (Å²) in [4.78, 5) is 12.0. The lowest BCUT2D eigenvalue weighted by atomic mass is 10.1. The lowest BCUT2D eigenvalue weighted by Crippen LogP contribution is -2.25. The molecule has 23 heavy (non-hydrogen) atoms. The average Bonchev–Trinajstić information content (AvgIpc) is 2.49. The Labute approximate surface area is 143 Å². The molecular formula is C19H23ClN2O. The largest absolute Gasteiger partial charge is 0.383 e. The van der Waals surface area contributed by atoms with Crippen LogP contribution in [-0.4, -0.2) is 12.5 Å². The number of rotatable bonds is 6. The lowest BCUT2D eigenvalue weighted by Gasteiger charge is -2.13. The molecule has 0 radical (unpaired) electrons. The molecule has 0 atom stereocenters.